The van der Waals surface area contributed by atoms with E-state index in [-0.39, 0.29) is 28.9 Å². The van der Waals surface area contributed by atoms with E-state index in [0.29, 0.717) is 40.3 Å². The number of dihydropyridines is 1. The van der Waals surface area contributed by atoms with Crippen LogP contribution in [-0.2, 0) is 9.53 Å². The number of halogens is 1. The fraction of sp³-hybridized carbons (Fsp3) is 0.250. The molecule has 2 aromatic carbocycles. The van der Waals surface area contributed by atoms with Crippen molar-refractivity contribution in [2.75, 3.05) is 13.2 Å². The van der Waals surface area contributed by atoms with E-state index < -0.39 is 11.9 Å². The molecule has 4 rings (SSSR count). The normalized spacial score (nSPS) is 17.3. The summed E-state index contributed by atoms with van der Waals surface area (Å²) in [5, 5.41) is 13.6. The number of carbonyl (C=O) groups is 2. The summed E-state index contributed by atoms with van der Waals surface area (Å²) < 4.78 is 10.8. The number of phenols is 1. The van der Waals surface area contributed by atoms with Crippen LogP contribution in [0.1, 0.15) is 48.2 Å². The number of phenolic OH excluding ortho intramolecular Hbond substituents is 1. The molecule has 1 aliphatic heterocycles. The van der Waals surface area contributed by atoms with Gasteiger partial charge >= 0.3 is 5.97 Å². The second-order valence-corrected chi connectivity index (χ2v) is 7.67. The Hall–Kier alpha value is -3.25. The summed E-state index contributed by atoms with van der Waals surface area (Å²) >= 11 is 6.29. The number of hydrogen-bond acceptors (Lipinski definition) is 6. The van der Waals surface area contributed by atoms with Crippen molar-refractivity contribution in [1.82, 2.24) is 5.32 Å². The van der Waals surface area contributed by atoms with Crippen molar-refractivity contribution >= 4 is 29.1 Å². The second kappa shape index (κ2) is 8.12. The zero-order chi connectivity index (χ0) is 22.3. The van der Waals surface area contributed by atoms with Crippen molar-refractivity contribution in [3.63, 3.8) is 0 Å². The van der Waals surface area contributed by atoms with Crippen LogP contribution in [0.3, 0.4) is 0 Å². The lowest BCUT2D eigenvalue weighted by Gasteiger charge is -2.29. The molecular formula is C24H22ClNO5. The molecule has 0 saturated carbocycles. The van der Waals surface area contributed by atoms with E-state index >= 15 is 0 Å². The second-order valence-electron chi connectivity index (χ2n) is 7.26. The van der Waals surface area contributed by atoms with Crippen LogP contribution in [0, 0.1) is 0 Å². The zero-order valence-electron chi connectivity index (χ0n) is 17.4. The molecule has 0 bridgehead atoms. The van der Waals surface area contributed by atoms with Gasteiger partial charge in [-0.15, -0.1) is 0 Å². The number of hydrogen-bond donors (Lipinski definition) is 2. The highest BCUT2D eigenvalue weighted by molar-refractivity contribution is 6.32. The summed E-state index contributed by atoms with van der Waals surface area (Å²) in [4.78, 5) is 26.4. The van der Waals surface area contributed by atoms with Gasteiger partial charge in [-0.25, -0.2) is 4.79 Å². The van der Waals surface area contributed by atoms with E-state index in [1.54, 1.807) is 45.0 Å². The Morgan fingerprint density at radius 2 is 1.87 bits per heavy atom. The van der Waals surface area contributed by atoms with Crippen LogP contribution in [0.25, 0.3) is 5.70 Å². The van der Waals surface area contributed by atoms with Crippen LogP contribution in [0.4, 0.5) is 0 Å². The molecule has 0 fully saturated rings. The van der Waals surface area contributed by atoms with Crippen LogP contribution in [0.2, 0.25) is 5.02 Å². The molecule has 0 unspecified atom stereocenters. The minimum absolute atomic E-state index is 0.0745. The molecule has 160 valence electrons. The number of nitrogens with one attached hydrogen (secondary N) is 1. The Kier molecular flexibility index (Phi) is 5.50. The molecule has 6 nitrogen and oxygen atoms in total. The highest BCUT2D eigenvalue weighted by Gasteiger charge is 2.43. The molecule has 0 radical (unpaired) electrons. The highest BCUT2D eigenvalue weighted by atomic mass is 35.5. The quantitative estimate of drug-likeness (QED) is 0.663. The first-order valence-electron chi connectivity index (χ1n) is 10.1. The van der Waals surface area contributed by atoms with Gasteiger partial charge in [0.15, 0.2) is 17.3 Å². The van der Waals surface area contributed by atoms with Gasteiger partial charge in [-0.05, 0) is 38.5 Å². The fourth-order valence-electron chi connectivity index (χ4n) is 4.17. The number of esters is 1. The minimum Gasteiger partial charge on any atom is -0.503 e. The number of carbonyl (C=O) groups excluding carboxylic acids is 2. The third kappa shape index (κ3) is 3.37. The number of benzene rings is 2. The number of rotatable bonds is 5. The number of Topliss-reactive ketones (excluding diaryl/α,β-unsaturated/α-hetero) is 1. The maximum atomic E-state index is 13.4. The Labute approximate surface area is 185 Å². The van der Waals surface area contributed by atoms with E-state index in [1.807, 2.05) is 12.1 Å². The smallest absolute Gasteiger partial charge is 0.336 e. The van der Waals surface area contributed by atoms with Gasteiger partial charge in [0.25, 0.3) is 0 Å². The standard InChI is InChI=1S/C24H22ClNO5/c1-4-30-17-11-13(10-16(25)23(17)28)19-18(24(29)31-5-2)12(3)26-21-14-8-6-7-9-15(14)22(27)20(19)21/h6-11,19,26,28H,4-5H2,1-3H3/t19-/m1/s1. The lowest BCUT2D eigenvalue weighted by atomic mass is 9.79. The summed E-state index contributed by atoms with van der Waals surface area (Å²) in [6.07, 6.45) is 0. The lowest BCUT2D eigenvalue weighted by Crippen LogP contribution is -2.29. The maximum Gasteiger partial charge on any atom is 0.336 e. The van der Waals surface area contributed by atoms with Gasteiger partial charge in [0.05, 0.1) is 29.5 Å². The molecular weight excluding hydrogens is 418 g/mol. The molecule has 1 aliphatic carbocycles. The number of fused-ring (bicyclic) bond motifs is 2. The van der Waals surface area contributed by atoms with Gasteiger partial charge in [-0.1, -0.05) is 35.9 Å². The van der Waals surface area contributed by atoms with Crippen molar-refractivity contribution in [3.8, 4) is 11.5 Å². The predicted molar refractivity (Wildman–Crippen MR) is 117 cm³/mol. The largest absolute Gasteiger partial charge is 0.503 e. The van der Waals surface area contributed by atoms with Crippen molar-refractivity contribution < 1.29 is 24.2 Å². The Balaban J connectivity index is 1.96. The van der Waals surface area contributed by atoms with Crippen LogP contribution >= 0.6 is 11.6 Å². The zero-order valence-corrected chi connectivity index (χ0v) is 18.2. The van der Waals surface area contributed by atoms with Crippen LogP contribution in [0.5, 0.6) is 11.5 Å². The van der Waals surface area contributed by atoms with Crippen molar-refractivity contribution in [2.45, 2.75) is 26.7 Å². The van der Waals surface area contributed by atoms with E-state index in [2.05, 4.69) is 5.32 Å². The summed E-state index contributed by atoms with van der Waals surface area (Å²) in [7, 11) is 0. The summed E-state index contributed by atoms with van der Waals surface area (Å²) in [6.45, 7) is 5.81. The van der Waals surface area contributed by atoms with Gasteiger partial charge in [0.1, 0.15) is 0 Å². The topological polar surface area (TPSA) is 84.9 Å². The third-order valence-electron chi connectivity index (χ3n) is 5.43. The van der Waals surface area contributed by atoms with E-state index in [0.717, 1.165) is 5.56 Å². The van der Waals surface area contributed by atoms with Crippen LogP contribution in [-0.4, -0.2) is 30.1 Å². The SMILES string of the molecule is CCOC(=O)C1=C(C)NC2=C(C(=O)c3ccccc32)[C@@H]1c1cc(Cl)c(O)c(OCC)c1. The molecule has 0 spiro atoms. The molecule has 1 atom stereocenters. The minimum atomic E-state index is -0.729. The Morgan fingerprint density at radius 1 is 1.16 bits per heavy atom. The van der Waals surface area contributed by atoms with E-state index in [1.165, 1.54) is 0 Å². The third-order valence-corrected chi connectivity index (χ3v) is 5.72. The molecule has 0 amide bonds. The average molecular weight is 440 g/mol. The molecule has 0 aromatic heterocycles. The van der Waals surface area contributed by atoms with Gasteiger partial charge in [-0.3, -0.25) is 4.79 Å². The summed E-state index contributed by atoms with van der Waals surface area (Å²) in [5.41, 5.74) is 3.93. The first-order chi connectivity index (χ1) is 14.9. The van der Waals surface area contributed by atoms with Gasteiger partial charge in [-0.2, -0.15) is 0 Å². The molecule has 0 saturated heterocycles. The summed E-state index contributed by atoms with van der Waals surface area (Å²) in [6, 6.07) is 10.5. The number of ketones is 1. The average Bonchev–Trinajstić information content (AvgIpc) is 3.02. The number of ether oxygens (including phenoxy) is 2. The predicted octanol–water partition coefficient (Wildman–Crippen LogP) is 4.58. The fourth-order valence-corrected chi connectivity index (χ4v) is 4.39. The molecule has 31 heavy (non-hydrogen) atoms. The Bertz CT molecular complexity index is 1160. The first kappa shape index (κ1) is 21.0. The Morgan fingerprint density at radius 3 is 2.55 bits per heavy atom. The van der Waals surface area contributed by atoms with Gasteiger partial charge < -0.3 is 19.9 Å². The lowest BCUT2D eigenvalue weighted by molar-refractivity contribution is -0.138. The van der Waals surface area contributed by atoms with E-state index in [9.17, 15) is 14.7 Å². The van der Waals surface area contributed by atoms with Crippen LogP contribution in [0.15, 0.2) is 53.2 Å². The van der Waals surface area contributed by atoms with E-state index in [4.69, 9.17) is 21.1 Å². The van der Waals surface area contributed by atoms with Crippen LogP contribution < -0.4 is 10.1 Å². The monoisotopic (exact) mass is 439 g/mol. The molecule has 2 N–H and O–H groups in total. The van der Waals surface area contributed by atoms with Crippen molar-refractivity contribution in [2.24, 2.45) is 0 Å². The number of allylic oxidation sites excluding steroid dienone is 2. The molecule has 1 heterocycles. The summed E-state index contributed by atoms with van der Waals surface area (Å²) in [5.74, 6) is -1.41. The first-order valence-corrected chi connectivity index (χ1v) is 10.4. The van der Waals surface area contributed by atoms with Gasteiger partial charge in [0.2, 0.25) is 0 Å². The number of aromatic hydroxyl groups is 1. The highest BCUT2D eigenvalue weighted by Crippen LogP contribution is 2.49. The molecule has 2 aliphatic rings. The van der Waals surface area contributed by atoms with Crippen molar-refractivity contribution in [3.05, 3.63) is 75.0 Å². The molecule has 7 heteroatoms. The van der Waals surface area contributed by atoms with Crippen molar-refractivity contribution in [1.29, 1.82) is 0 Å². The van der Waals surface area contributed by atoms with Gasteiger partial charge in [0, 0.05) is 28.3 Å². The molecule has 2 aromatic rings. The maximum absolute atomic E-state index is 13.4.